The van der Waals surface area contributed by atoms with Gasteiger partial charge in [-0.05, 0) is 32.3 Å². The van der Waals surface area contributed by atoms with Crippen LogP contribution in [-0.2, 0) is 0 Å². The molecule has 104 valence electrons. The molecule has 5 heteroatoms. The molecule has 2 atom stereocenters. The Hall–Kier alpha value is -1.65. The molecule has 1 N–H and O–H groups in total. The number of nitrogens with one attached hydrogen (secondary N) is 1. The molecule has 0 aromatic carbocycles. The number of rotatable bonds is 3. The number of aromatic nitrogens is 1. The lowest BCUT2D eigenvalue weighted by molar-refractivity contribution is 0.0671. The maximum absolute atomic E-state index is 14.2. The summed E-state index contributed by atoms with van der Waals surface area (Å²) in [5.41, 5.74) is 0.103. The summed E-state index contributed by atoms with van der Waals surface area (Å²) < 4.78 is 14.2. The lowest BCUT2D eigenvalue weighted by atomic mass is 10.1. The van der Waals surface area contributed by atoms with Crippen molar-refractivity contribution >= 4 is 11.7 Å². The van der Waals surface area contributed by atoms with Crippen LogP contribution in [0.5, 0.6) is 0 Å². The molecule has 0 saturated carbocycles. The van der Waals surface area contributed by atoms with Gasteiger partial charge in [-0.25, -0.2) is 9.37 Å². The third-order valence-electron chi connectivity index (χ3n) is 3.85. The Balaban J connectivity index is 2.33. The van der Waals surface area contributed by atoms with Crippen molar-refractivity contribution in [1.29, 1.82) is 0 Å². The Labute approximate surface area is 113 Å². The van der Waals surface area contributed by atoms with Crippen molar-refractivity contribution in [2.45, 2.75) is 45.2 Å². The van der Waals surface area contributed by atoms with E-state index in [0.29, 0.717) is 0 Å². The van der Waals surface area contributed by atoms with Crippen LogP contribution in [0.25, 0.3) is 0 Å². The quantitative estimate of drug-likeness (QED) is 0.914. The predicted octanol–water partition coefficient (Wildman–Crippen LogP) is 2.67. The van der Waals surface area contributed by atoms with Crippen molar-refractivity contribution in [1.82, 2.24) is 9.88 Å². The molecule has 1 aromatic heterocycles. The average Bonchev–Trinajstić information content (AvgIpc) is 2.79. The molecule has 0 aliphatic carbocycles. The molecule has 0 radical (unpaired) electrons. The summed E-state index contributed by atoms with van der Waals surface area (Å²) in [6.07, 6.45) is 4.34. The number of hydrogen-bond acceptors (Lipinski definition) is 3. The maximum Gasteiger partial charge on any atom is 0.257 e. The van der Waals surface area contributed by atoms with E-state index in [9.17, 15) is 9.18 Å². The van der Waals surface area contributed by atoms with Crippen LogP contribution in [0.1, 0.15) is 43.5 Å². The van der Waals surface area contributed by atoms with E-state index in [-0.39, 0.29) is 29.4 Å². The van der Waals surface area contributed by atoms with Crippen LogP contribution in [-0.4, -0.2) is 34.9 Å². The van der Waals surface area contributed by atoms with Crippen molar-refractivity contribution in [2.75, 3.05) is 12.4 Å². The monoisotopic (exact) mass is 265 g/mol. The third kappa shape index (κ3) is 2.41. The maximum atomic E-state index is 14.2. The minimum Gasteiger partial charge on any atom is -0.371 e. The zero-order valence-electron chi connectivity index (χ0n) is 11.6. The van der Waals surface area contributed by atoms with Gasteiger partial charge in [-0.1, -0.05) is 6.92 Å². The van der Waals surface area contributed by atoms with Gasteiger partial charge in [0.15, 0.2) is 11.6 Å². The van der Waals surface area contributed by atoms with E-state index in [1.165, 1.54) is 12.3 Å². The normalized spacial score (nSPS) is 22.6. The molecule has 1 aliphatic rings. The van der Waals surface area contributed by atoms with E-state index in [4.69, 9.17) is 0 Å². The van der Waals surface area contributed by atoms with Crippen LogP contribution in [0.4, 0.5) is 10.2 Å². The largest absolute Gasteiger partial charge is 0.371 e. The number of likely N-dealkylation sites (tertiary alicyclic amines) is 1. The molecule has 2 heterocycles. The van der Waals surface area contributed by atoms with Gasteiger partial charge >= 0.3 is 0 Å². The fourth-order valence-electron chi connectivity index (χ4n) is 2.76. The zero-order valence-corrected chi connectivity index (χ0v) is 11.6. The molecule has 1 saturated heterocycles. The first-order valence-corrected chi connectivity index (χ1v) is 6.75. The molecular weight excluding hydrogens is 245 g/mol. The molecule has 0 spiro atoms. The first kappa shape index (κ1) is 13.8. The second-order valence-electron chi connectivity index (χ2n) is 4.97. The van der Waals surface area contributed by atoms with Crippen LogP contribution >= 0.6 is 0 Å². The minimum absolute atomic E-state index is 0.103. The predicted molar refractivity (Wildman–Crippen MR) is 72.7 cm³/mol. The summed E-state index contributed by atoms with van der Waals surface area (Å²) in [4.78, 5) is 18.2. The van der Waals surface area contributed by atoms with Gasteiger partial charge in [0, 0.05) is 25.3 Å². The molecule has 1 aromatic rings. The number of halogens is 1. The van der Waals surface area contributed by atoms with E-state index >= 15 is 0 Å². The van der Waals surface area contributed by atoms with Gasteiger partial charge < -0.3 is 10.2 Å². The SMILES string of the molecule is CCC1CCC(C)N1C(=O)c1ccnc(NC)c1F. The Bertz CT molecular complexity index is 478. The lowest BCUT2D eigenvalue weighted by Gasteiger charge is -2.28. The second kappa shape index (κ2) is 5.55. The molecule has 2 rings (SSSR count). The standard InChI is InChI=1S/C14H20FN3O/c1-4-10-6-5-9(2)18(10)14(19)11-7-8-17-13(16-3)12(11)15/h7-10H,4-6H2,1-3H3,(H,16,17). The fraction of sp³-hybridized carbons (Fsp3) is 0.571. The molecule has 4 nitrogen and oxygen atoms in total. The number of anilines is 1. The van der Waals surface area contributed by atoms with E-state index < -0.39 is 5.82 Å². The van der Waals surface area contributed by atoms with Gasteiger partial charge in [0.1, 0.15) is 0 Å². The number of amides is 1. The highest BCUT2D eigenvalue weighted by atomic mass is 19.1. The van der Waals surface area contributed by atoms with Gasteiger partial charge in [0.25, 0.3) is 5.91 Å². The molecule has 19 heavy (non-hydrogen) atoms. The number of nitrogens with zero attached hydrogens (tertiary/aromatic N) is 2. The highest BCUT2D eigenvalue weighted by Gasteiger charge is 2.35. The van der Waals surface area contributed by atoms with Gasteiger partial charge in [0.2, 0.25) is 0 Å². The van der Waals surface area contributed by atoms with Gasteiger partial charge in [-0.3, -0.25) is 4.79 Å². The summed E-state index contributed by atoms with van der Waals surface area (Å²) in [6, 6.07) is 1.84. The van der Waals surface area contributed by atoms with Crippen molar-refractivity contribution < 1.29 is 9.18 Å². The molecule has 2 unspecified atom stereocenters. The van der Waals surface area contributed by atoms with Crippen LogP contribution in [0.15, 0.2) is 12.3 Å². The average molecular weight is 265 g/mol. The minimum atomic E-state index is -0.566. The lowest BCUT2D eigenvalue weighted by Crippen LogP contribution is -2.40. The van der Waals surface area contributed by atoms with Crippen LogP contribution in [0, 0.1) is 5.82 Å². The van der Waals surface area contributed by atoms with E-state index in [0.717, 1.165) is 19.3 Å². The summed E-state index contributed by atoms with van der Waals surface area (Å²) in [5, 5.41) is 2.66. The van der Waals surface area contributed by atoms with E-state index in [2.05, 4.69) is 17.2 Å². The zero-order chi connectivity index (χ0) is 14.0. The highest BCUT2D eigenvalue weighted by molar-refractivity contribution is 5.95. The Kier molecular flexibility index (Phi) is 4.02. The first-order valence-electron chi connectivity index (χ1n) is 6.75. The highest BCUT2D eigenvalue weighted by Crippen LogP contribution is 2.29. The van der Waals surface area contributed by atoms with Gasteiger partial charge in [-0.15, -0.1) is 0 Å². The Morgan fingerprint density at radius 3 is 2.95 bits per heavy atom. The van der Waals surface area contributed by atoms with Gasteiger partial charge in [0.05, 0.1) is 5.56 Å². The molecular formula is C14H20FN3O. The van der Waals surface area contributed by atoms with Crippen LogP contribution < -0.4 is 5.32 Å². The molecule has 0 bridgehead atoms. The summed E-state index contributed by atoms with van der Waals surface area (Å²) in [6.45, 7) is 4.08. The number of carbonyl (C=O) groups is 1. The first-order chi connectivity index (χ1) is 9.10. The summed E-state index contributed by atoms with van der Waals surface area (Å²) in [7, 11) is 1.59. The van der Waals surface area contributed by atoms with E-state index in [1.807, 2.05) is 11.8 Å². The number of carbonyl (C=O) groups excluding carboxylic acids is 1. The topological polar surface area (TPSA) is 45.2 Å². The van der Waals surface area contributed by atoms with Gasteiger partial charge in [-0.2, -0.15) is 0 Å². The Morgan fingerprint density at radius 1 is 1.58 bits per heavy atom. The van der Waals surface area contributed by atoms with Crippen molar-refractivity contribution in [2.24, 2.45) is 0 Å². The molecule has 1 amide bonds. The third-order valence-corrected chi connectivity index (χ3v) is 3.85. The van der Waals surface area contributed by atoms with Crippen molar-refractivity contribution in [3.8, 4) is 0 Å². The molecule has 1 aliphatic heterocycles. The fourth-order valence-corrected chi connectivity index (χ4v) is 2.76. The Morgan fingerprint density at radius 2 is 2.32 bits per heavy atom. The van der Waals surface area contributed by atoms with Crippen LogP contribution in [0.2, 0.25) is 0 Å². The smallest absolute Gasteiger partial charge is 0.257 e. The molecule has 1 fully saturated rings. The number of pyridine rings is 1. The van der Waals surface area contributed by atoms with Crippen LogP contribution in [0.3, 0.4) is 0 Å². The summed E-state index contributed by atoms with van der Waals surface area (Å²) in [5.74, 6) is -0.678. The van der Waals surface area contributed by atoms with Crippen molar-refractivity contribution in [3.63, 3.8) is 0 Å². The number of hydrogen-bond donors (Lipinski definition) is 1. The van der Waals surface area contributed by atoms with Crippen molar-refractivity contribution in [3.05, 3.63) is 23.6 Å². The van der Waals surface area contributed by atoms with E-state index in [1.54, 1.807) is 7.05 Å². The second-order valence-corrected chi connectivity index (χ2v) is 4.97. The summed E-state index contributed by atoms with van der Waals surface area (Å²) >= 11 is 0.